The lowest BCUT2D eigenvalue weighted by molar-refractivity contribution is -0.132. The van der Waals surface area contributed by atoms with Gasteiger partial charge in [0.25, 0.3) is 5.91 Å². The first-order valence-electron chi connectivity index (χ1n) is 6.84. The number of hydrogen-bond donors (Lipinski definition) is 1. The van der Waals surface area contributed by atoms with Crippen LogP contribution in [0.1, 0.15) is 42.2 Å². The fourth-order valence-electron chi connectivity index (χ4n) is 1.77. The van der Waals surface area contributed by atoms with Crippen LogP contribution in [-0.4, -0.2) is 22.4 Å². The van der Waals surface area contributed by atoms with Crippen molar-refractivity contribution >= 4 is 23.2 Å². The molecule has 0 aliphatic rings. The lowest BCUT2D eigenvalue weighted by Gasteiger charge is -2.24. The molecule has 1 atom stereocenters. The van der Waals surface area contributed by atoms with Gasteiger partial charge in [-0.15, -0.1) is 11.3 Å². The number of nitrogens with one attached hydrogen (secondary N) is 1. The zero-order valence-electron chi connectivity index (χ0n) is 12.7. The summed E-state index contributed by atoms with van der Waals surface area (Å²) in [6.07, 6.45) is 0.487. The second-order valence-corrected chi connectivity index (χ2v) is 6.70. The topological polar surface area (TPSA) is 68.3 Å². The number of pyridine rings is 1. The molecule has 0 saturated heterocycles. The maximum Gasteiger partial charge on any atom is 0.349 e. The van der Waals surface area contributed by atoms with Crippen molar-refractivity contribution in [2.24, 2.45) is 0 Å². The molecule has 0 aliphatic carbocycles. The van der Waals surface area contributed by atoms with Crippen molar-refractivity contribution in [1.29, 1.82) is 0 Å². The number of hydrogen-bond acceptors (Lipinski definition) is 5. The number of carbonyl (C=O) groups is 2. The van der Waals surface area contributed by atoms with E-state index in [9.17, 15) is 9.59 Å². The lowest BCUT2D eigenvalue weighted by Crippen LogP contribution is -2.44. The van der Waals surface area contributed by atoms with Crippen molar-refractivity contribution in [3.63, 3.8) is 0 Å². The van der Waals surface area contributed by atoms with Gasteiger partial charge in [0, 0.05) is 11.7 Å². The molecule has 22 heavy (non-hydrogen) atoms. The molecule has 0 aromatic carbocycles. The summed E-state index contributed by atoms with van der Waals surface area (Å²) < 4.78 is 5.39. The van der Waals surface area contributed by atoms with Gasteiger partial charge in [-0.1, -0.05) is 12.1 Å². The van der Waals surface area contributed by atoms with Crippen LogP contribution in [0.4, 0.5) is 0 Å². The van der Waals surface area contributed by atoms with Crippen molar-refractivity contribution < 1.29 is 14.3 Å². The molecule has 116 valence electrons. The van der Waals surface area contributed by atoms with Crippen LogP contribution in [0.15, 0.2) is 41.9 Å². The Morgan fingerprint density at radius 1 is 1.23 bits per heavy atom. The molecule has 1 amide bonds. The highest BCUT2D eigenvalue weighted by molar-refractivity contribution is 7.11. The van der Waals surface area contributed by atoms with Gasteiger partial charge in [-0.3, -0.25) is 9.78 Å². The van der Waals surface area contributed by atoms with Gasteiger partial charge in [0.05, 0.1) is 5.69 Å². The van der Waals surface area contributed by atoms with Gasteiger partial charge in [-0.05, 0) is 44.4 Å². The third-order valence-corrected chi connectivity index (χ3v) is 3.49. The molecule has 0 bridgehead atoms. The third kappa shape index (κ3) is 4.39. The Labute approximate surface area is 133 Å². The Hall–Kier alpha value is -2.21. The number of ether oxygens (including phenoxy) is 1. The second-order valence-electron chi connectivity index (χ2n) is 5.76. The van der Waals surface area contributed by atoms with Crippen molar-refractivity contribution in [1.82, 2.24) is 10.3 Å². The lowest BCUT2D eigenvalue weighted by atomic mass is 10.1. The van der Waals surface area contributed by atoms with E-state index in [1.165, 1.54) is 11.3 Å². The number of aromatic nitrogens is 1. The Morgan fingerprint density at radius 2 is 2.00 bits per heavy atom. The van der Waals surface area contributed by atoms with Crippen LogP contribution in [0, 0.1) is 0 Å². The van der Waals surface area contributed by atoms with Crippen molar-refractivity contribution in [3.8, 4) is 0 Å². The summed E-state index contributed by atoms with van der Waals surface area (Å²) in [5.74, 6) is -0.925. The largest absolute Gasteiger partial charge is 0.441 e. The average Bonchev–Trinajstić information content (AvgIpc) is 2.97. The van der Waals surface area contributed by atoms with Gasteiger partial charge < -0.3 is 10.1 Å². The molecule has 1 N–H and O–H groups in total. The van der Waals surface area contributed by atoms with Gasteiger partial charge in [0.1, 0.15) is 4.88 Å². The van der Waals surface area contributed by atoms with E-state index in [1.54, 1.807) is 41.9 Å². The Morgan fingerprint density at radius 3 is 2.55 bits per heavy atom. The van der Waals surface area contributed by atoms with E-state index in [-0.39, 0.29) is 0 Å². The number of esters is 1. The molecule has 2 aromatic heterocycles. The van der Waals surface area contributed by atoms with Gasteiger partial charge in [0.2, 0.25) is 6.10 Å². The SMILES string of the molecule is CC(C)(C)NC(=O)C(OC(=O)c1cccs1)c1ccccn1. The highest BCUT2D eigenvalue weighted by atomic mass is 32.1. The van der Waals surface area contributed by atoms with Crippen LogP contribution in [0.2, 0.25) is 0 Å². The van der Waals surface area contributed by atoms with Crippen molar-refractivity contribution in [3.05, 3.63) is 52.5 Å². The maximum atomic E-state index is 12.4. The second kappa shape index (κ2) is 6.70. The molecule has 0 aliphatic heterocycles. The fraction of sp³-hybridized carbons (Fsp3) is 0.312. The van der Waals surface area contributed by atoms with Crippen LogP contribution < -0.4 is 5.32 Å². The molecule has 2 rings (SSSR count). The van der Waals surface area contributed by atoms with Crippen LogP contribution in [0.25, 0.3) is 0 Å². The summed E-state index contributed by atoms with van der Waals surface area (Å²) in [5.41, 5.74) is -0.0337. The molecule has 1 unspecified atom stereocenters. The minimum Gasteiger partial charge on any atom is -0.441 e. The van der Waals surface area contributed by atoms with E-state index in [0.29, 0.717) is 10.6 Å². The summed E-state index contributed by atoms with van der Waals surface area (Å²) in [5, 5.41) is 4.59. The Bertz CT molecular complexity index is 633. The highest BCUT2D eigenvalue weighted by Gasteiger charge is 2.29. The normalized spacial score (nSPS) is 12.5. The van der Waals surface area contributed by atoms with Crippen molar-refractivity contribution in [2.45, 2.75) is 32.4 Å². The number of carbonyl (C=O) groups excluding carboxylic acids is 2. The van der Waals surface area contributed by atoms with Gasteiger partial charge in [0.15, 0.2) is 0 Å². The molecular formula is C16H18N2O3S. The predicted octanol–water partition coefficient (Wildman–Crippen LogP) is 2.96. The van der Waals surface area contributed by atoms with E-state index in [0.717, 1.165) is 0 Å². The first-order valence-corrected chi connectivity index (χ1v) is 7.72. The van der Waals surface area contributed by atoms with Gasteiger partial charge in [-0.2, -0.15) is 0 Å². The number of thiophene rings is 1. The zero-order valence-corrected chi connectivity index (χ0v) is 13.5. The smallest absolute Gasteiger partial charge is 0.349 e. The first-order chi connectivity index (χ1) is 10.4. The average molecular weight is 318 g/mol. The van der Waals surface area contributed by atoms with E-state index in [4.69, 9.17) is 4.74 Å². The van der Waals surface area contributed by atoms with Crippen LogP contribution in [0.3, 0.4) is 0 Å². The summed E-state index contributed by atoms with van der Waals surface area (Å²) in [6, 6.07) is 8.56. The summed E-state index contributed by atoms with van der Waals surface area (Å²) in [6.45, 7) is 5.59. The highest BCUT2D eigenvalue weighted by Crippen LogP contribution is 2.20. The molecule has 2 aromatic rings. The molecule has 0 fully saturated rings. The Kier molecular flexibility index (Phi) is 4.92. The van der Waals surface area contributed by atoms with E-state index < -0.39 is 23.5 Å². The molecule has 6 heteroatoms. The van der Waals surface area contributed by atoms with Gasteiger partial charge in [-0.25, -0.2) is 4.79 Å². The monoisotopic (exact) mass is 318 g/mol. The van der Waals surface area contributed by atoms with Crippen LogP contribution >= 0.6 is 11.3 Å². The third-order valence-electron chi connectivity index (χ3n) is 2.64. The first kappa shape index (κ1) is 16.2. The molecule has 2 heterocycles. The molecule has 0 saturated carbocycles. The minimum atomic E-state index is -1.07. The van der Waals surface area contributed by atoms with Gasteiger partial charge >= 0.3 is 5.97 Å². The van der Waals surface area contributed by atoms with E-state index in [2.05, 4.69) is 10.3 Å². The standard InChI is InChI=1S/C16H18N2O3S/c1-16(2,3)18-14(19)13(11-7-4-5-9-17-11)21-15(20)12-8-6-10-22-12/h4-10,13H,1-3H3,(H,18,19). The molecule has 0 spiro atoms. The summed E-state index contributed by atoms with van der Waals surface area (Å²) in [7, 11) is 0. The molecule has 5 nitrogen and oxygen atoms in total. The zero-order chi connectivity index (χ0) is 16.2. The number of rotatable bonds is 4. The summed E-state index contributed by atoms with van der Waals surface area (Å²) >= 11 is 1.27. The summed E-state index contributed by atoms with van der Waals surface area (Å²) in [4.78, 5) is 29.2. The minimum absolute atomic E-state index is 0.392. The fourth-order valence-corrected chi connectivity index (χ4v) is 2.38. The van der Waals surface area contributed by atoms with Crippen LogP contribution in [0.5, 0.6) is 0 Å². The van der Waals surface area contributed by atoms with Crippen molar-refractivity contribution in [2.75, 3.05) is 0 Å². The van der Waals surface area contributed by atoms with E-state index in [1.807, 2.05) is 20.8 Å². The number of nitrogens with zero attached hydrogens (tertiary/aromatic N) is 1. The number of amides is 1. The molecular weight excluding hydrogens is 300 g/mol. The quantitative estimate of drug-likeness (QED) is 0.880. The predicted molar refractivity (Wildman–Crippen MR) is 84.6 cm³/mol. The van der Waals surface area contributed by atoms with E-state index >= 15 is 0 Å². The van der Waals surface area contributed by atoms with Crippen LogP contribution in [-0.2, 0) is 9.53 Å². The maximum absolute atomic E-state index is 12.4. The Balaban J connectivity index is 2.22. The molecule has 0 radical (unpaired) electrons.